The zero-order valence-electron chi connectivity index (χ0n) is 27.5. The predicted octanol–water partition coefficient (Wildman–Crippen LogP) is 10.9. The van der Waals surface area contributed by atoms with Gasteiger partial charge in [0.2, 0.25) is 0 Å². The van der Waals surface area contributed by atoms with Crippen molar-refractivity contribution in [3.8, 4) is 11.5 Å². The molecular weight excluding hydrogens is 908 g/mol. The normalized spacial score (nSPS) is 16.3. The minimum absolute atomic E-state index is 0.241. The van der Waals surface area contributed by atoms with Gasteiger partial charge < -0.3 is 9.47 Å². The minimum atomic E-state index is -8.22. The Labute approximate surface area is 308 Å². The summed E-state index contributed by atoms with van der Waals surface area (Å²) in [4.78, 5) is 24.2. The molecule has 0 atom stereocenters. The van der Waals surface area contributed by atoms with Crippen LogP contribution in [0.5, 0.6) is 11.5 Å². The molecule has 0 radical (unpaired) electrons. The number of halogens is 26. The third kappa shape index (κ3) is 8.34. The lowest BCUT2D eigenvalue weighted by Gasteiger charge is -2.39. The van der Waals surface area contributed by atoms with Crippen molar-refractivity contribution in [2.75, 3.05) is 18.1 Å². The molecule has 0 saturated heterocycles. The van der Waals surface area contributed by atoms with Crippen LogP contribution in [-0.4, -0.2) is 96.6 Å². The van der Waals surface area contributed by atoms with Crippen molar-refractivity contribution in [2.24, 2.45) is 0 Å². The third-order valence-electron chi connectivity index (χ3n) is 7.78. The van der Waals surface area contributed by atoms with E-state index < -0.39 is 139 Å². The summed E-state index contributed by atoms with van der Waals surface area (Å²) in [5, 5.41) is 0. The number of amides is 2. The van der Waals surface area contributed by atoms with E-state index in [2.05, 4.69) is 0 Å². The molecule has 2 rings (SSSR count). The van der Waals surface area contributed by atoms with Crippen LogP contribution in [0.2, 0.25) is 0 Å². The van der Waals surface area contributed by atoms with Crippen LogP contribution < -0.4 is 14.4 Å². The fourth-order valence-corrected chi connectivity index (χ4v) is 4.39. The molecule has 31 heteroatoms. The quantitative estimate of drug-likeness (QED) is 0.0788. The van der Waals surface area contributed by atoms with Crippen molar-refractivity contribution >= 4 is 17.5 Å². The van der Waals surface area contributed by atoms with E-state index in [4.69, 9.17) is 9.47 Å². The Morgan fingerprint density at radius 1 is 0.407 bits per heavy atom. The summed E-state index contributed by atoms with van der Waals surface area (Å²) in [7, 11) is 0. The first-order valence-electron chi connectivity index (χ1n) is 14.8. The van der Waals surface area contributed by atoms with E-state index in [-0.39, 0.29) is 4.90 Å². The van der Waals surface area contributed by atoms with Gasteiger partial charge in [-0.15, -0.1) is 0 Å². The fourth-order valence-electron chi connectivity index (χ4n) is 4.39. The molecule has 0 aliphatic carbocycles. The summed E-state index contributed by atoms with van der Waals surface area (Å²) in [6.45, 7) is -3.15. The maximum atomic E-state index is 14.2. The van der Waals surface area contributed by atoms with Crippen LogP contribution in [-0.2, 0) is 9.59 Å². The molecule has 1 aromatic rings. The molecule has 0 bridgehead atoms. The Morgan fingerprint density at radius 2 is 0.712 bits per heavy atom. The maximum absolute atomic E-state index is 14.2. The van der Waals surface area contributed by atoms with Crippen molar-refractivity contribution in [2.45, 2.75) is 97.3 Å². The van der Waals surface area contributed by atoms with Gasteiger partial charge in [0.05, 0.1) is 18.9 Å². The van der Waals surface area contributed by atoms with Gasteiger partial charge >= 0.3 is 71.6 Å². The van der Waals surface area contributed by atoms with Crippen molar-refractivity contribution in [3.05, 3.63) is 30.4 Å². The van der Waals surface area contributed by atoms with Gasteiger partial charge in [0.25, 0.3) is 11.8 Å². The molecule has 5 nitrogen and oxygen atoms in total. The van der Waals surface area contributed by atoms with Gasteiger partial charge in [-0.2, -0.15) is 114 Å². The molecule has 1 aromatic carbocycles. The van der Waals surface area contributed by atoms with Gasteiger partial charge in [-0.3, -0.25) is 9.59 Å². The van der Waals surface area contributed by atoms with E-state index in [1.54, 1.807) is 0 Å². The average Bonchev–Trinajstić information content (AvgIpc) is 3.40. The van der Waals surface area contributed by atoms with Crippen LogP contribution in [0.4, 0.5) is 120 Å². The number of alkyl halides is 26. The van der Waals surface area contributed by atoms with Crippen LogP contribution in [0, 0.1) is 0 Å². The van der Waals surface area contributed by atoms with Crippen LogP contribution in [0.1, 0.15) is 25.7 Å². The van der Waals surface area contributed by atoms with Crippen molar-refractivity contribution < 1.29 is 133 Å². The van der Waals surface area contributed by atoms with Crippen LogP contribution >= 0.6 is 0 Å². The van der Waals surface area contributed by atoms with Crippen molar-refractivity contribution in [1.29, 1.82) is 0 Å². The SMILES string of the molecule is O=C1C=CC(=O)N1c1ccc(OCCCC(F)(F)C(F)(F)C(F)(F)C(F)(F)C(F)(F)C(F)(F)F)c(OCCCC(F)(F)C(F)(F)C(F)(F)C(F)(F)C(F)(F)C(F)(F)F)c1. The Kier molecular flexibility index (Phi) is 13.3. The molecule has 0 unspecified atom stereocenters. The number of anilines is 1. The van der Waals surface area contributed by atoms with E-state index in [9.17, 15) is 124 Å². The monoisotopic (exact) mass is 925 g/mol. The highest BCUT2D eigenvalue weighted by Gasteiger charge is 2.92. The molecule has 1 heterocycles. The first kappa shape index (κ1) is 51.0. The van der Waals surface area contributed by atoms with Gasteiger partial charge in [-0.25, -0.2) is 4.90 Å². The molecule has 2 amide bonds. The van der Waals surface area contributed by atoms with Gasteiger partial charge in [-0.05, 0) is 25.0 Å². The predicted molar refractivity (Wildman–Crippen MR) is 139 cm³/mol. The van der Waals surface area contributed by atoms with E-state index in [0.29, 0.717) is 30.4 Å². The van der Waals surface area contributed by atoms with Gasteiger partial charge in [0.15, 0.2) is 11.5 Å². The smallest absolute Gasteiger partial charge is 0.460 e. The molecule has 59 heavy (non-hydrogen) atoms. The van der Waals surface area contributed by atoms with Gasteiger partial charge in [-0.1, -0.05) is 0 Å². The van der Waals surface area contributed by atoms with E-state index >= 15 is 0 Å². The summed E-state index contributed by atoms with van der Waals surface area (Å²) < 4.78 is 356. The molecule has 0 fully saturated rings. The number of ether oxygens (including phenoxy) is 2. The average molecular weight is 925 g/mol. The number of hydrogen-bond donors (Lipinski definition) is 0. The highest BCUT2D eigenvalue weighted by atomic mass is 19.4. The lowest BCUT2D eigenvalue weighted by molar-refractivity contribution is -0.440. The zero-order chi connectivity index (χ0) is 46.7. The first-order valence-corrected chi connectivity index (χ1v) is 14.8. The van der Waals surface area contributed by atoms with Crippen molar-refractivity contribution in [3.63, 3.8) is 0 Å². The number of carbonyl (C=O) groups is 2. The lowest BCUT2D eigenvalue weighted by Crippen LogP contribution is -2.70. The number of rotatable bonds is 19. The van der Waals surface area contributed by atoms with E-state index in [1.807, 2.05) is 0 Å². The molecular formula is C28H17F26NO4. The van der Waals surface area contributed by atoms with Crippen molar-refractivity contribution in [1.82, 2.24) is 0 Å². The number of benzene rings is 1. The molecule has 0 N–H and O–H groups in total. The second-order valence-electron chi connectivity index (χ2n) is 11.9. The Hall–Kier alpha value is -4.12. The summed E-state index contributed by atoms with van der Waals surface area (Å²) in [6, 6.07) is 1.59. The fraction of sp³-hybridized carbons (Fsp3) is 0.643. The summed E-state index contributed by atoms with van der Waals surface area (Å²) >= 11 is 0. The largest absolute Gasteiger partial charge is 0.490 e. The zero-order valence-corrected chi connectivity index (χ0v) is 27.5. The summed E-state index contributed by atoms with van der Waals surface area (Å²) in [5.74, 6) is -81.8. The Balaban J connectivity index is 2.32. The molecule has 0 spiro atoms. The van der Waals surface area contributed by atoms with Crippen LogP contribution in [0.25, 0.3) is 0 Å². The number of imide groups is 1. The summed E-state index contributed by atoms with van der Waals surface area (Å²) in [6.07, 6.45) is -23.4. The molecule has 0 saturated carbocycles. The number of hydrogen-bond acceptors (Lipinski definition) is 4. The Morgan fingerprint density at radius 3 is 1.03 bits per heavy atom. The second kappa shape index (κ2) is 15.4. The van der Waals surface area contributed by atoms with Crippen LogP contribution in [0.3, 0.4) is 0 Å². The minimum Gasteiger partial charge on any atom is -0.490 e. The standard InChI is InChI=1S/C28H17F26NO4/c29-17(30,19(33,34)21(37,38)23(41,42)25(45,46)27(49,50)51)7-1-9-58-13-4-3-12(55-15(56)5-6-16(55)57)11-14(13)59-10-2-8-18(31,32)20(35,36)22(39,40)24(43,44)26(47,48)28(52,53)54/h3-6,11H,1-2,7-10H2. The van der Waals surface area contributed by atoms with E-state index in [1.165, 1.54) is 0 Å². The molecule has 340 valence electrons. The topological polar surface area (TPSA) is 55.8 Å². The maximum Gasteiger partial charge on any atom is 0.460 e. The first-order chi connectivity index (χ1) is 26.0. The summed E-state index contributed by atoms with van der Waals surface area (Å²) in [5.41, 5.74) is -0.637. The second-order valence-corrected chi connectivity index (χ2v) is 11.9. The Bertz CT molecular complexity index is 1710. The molecule has 1 aliphatic rings. The number of carbonyl (C=O) groups excluding carboxylic acids is 2. The van der Waals surface area contributed by atoms with Gasteiger partial charge in [0.1, 0.15) is 0 Å². The van der Waals surface area contributed by atoms with Gasteiger partial charge in [0, 0.05) is 31.1 Å². The molecule has 1 aliphatic heterocycles. The third-order valence-corrected chi connectivity index (χ3v) is 7.78. The molecule has 0 aromatic heterocycles. The highest BCUT2D eigenvalue weighted by Crippen LogP contribution is 2.62. The lowest BCUT2D eigenvalue weighted by atomic mass is 9.92. The van der Waals surface area contributed by atoms with E-state index in [0.717, 1.165) is 0 Å². The highest BCUT2D eigenvalue weighted by molar-refractivity contribution is 6.28. The number of nitrogens with zero attached hydrogens (tertiary/aromatic N) is 1. The van der Waals surface area contributed by atoms with Crippen LogP contribution in [0.15, 0.2) is 30.4 Å².